The first kappa shape index (κ1) is 25.3. The Morgan fingerprint density at radius 3 is 2.76 bits per heavy atom. The van der Waals surface area contributed by atoms with Gasteiger partial charge in [0, 0.05) is 35.0 Å². The molecule has 3 heterocycles. The standard InChI is InChI=1S/C32H38N2O4/c1-18-9-7-11-23-29-31(4,38-29)20(3)27-25(16-21-17-33-24-12-6-5-10-22(21)24)34-30(37)32(23,27)14-8-13-26(35)28(36)19(2)15-18/h5-8,10-13,15,17-18,20,23,25,27-29,33,36H,9,14,16H2,1-4H3,(H,34,37). The number of hydrogen-bond acceptors (Lipinski definition) is 4. The molecule has 0 radical (unpaired) electrons. The number of aliphatic hydroxyl groups excluding tert-OH is 1. The molecule has 9 unspecified atom stereocenters. The lowest BCUT2D eigenvalue weighted by molar-refractivity contribution is -0.133. The molecule has 3 fully saturated rings. The average Bonchev–Trinajstić information content (AvgIpc) is 3.30. The number of aromatic amines is 1. The molecule has 9 atom stereocenters. The van der Waals surface area contributed by atoms with Gasteiger partial charge in [-0.2, -0.15) is 0 Å². The van der Waals surface area contributed by atoms with Gasteiger partial charge in [-0.05, 0) is 68.2 Å². The van der Waals surface area contributed by atoms with E-state index in [0.717, 1.165) is 18.4 Å². The van der Waals surface area contributed by atoms with E-state index < -0.39 is 11.5 Å². The zero-order chi connectivity index (χ0) is 26.8. The number of ketones is 1. The van der Waals surface area contributed by atoms with Crippen LogP contribution in [0.5, 0.6) is 0 Å². The topological polar surface area (TPSA) is 94.7 Å². The van der Waals surface area contributed by atoms with Crippen molar-refractivity contribution in [1.29, 1.82) is 0 Å². The van der Waals surface area contributed by atoms with Crippen LogP contribution in [0, 0.1) is 29.1 Å². The Morgan fingerprint density at radius 2 is 1.95 bits per heavy atom. The maximum atomic E-state index is 14.1. The molecule has 3 N–H and O–H groups in total. The summed E-state index contributed by atoms with van der Waals surface area (Å²) < 4.78 is 6.43. The number of amides is 1. The van der Waals surface area contributed by atoms with Gasteiger partial charge in [0.05, 0.1) is 17.1 Å². The number of ether oxygens (including phenoxy) is 1. The number of benzene rings is 1. The van der Waals surface area contributed by atoms with Crippen LogP contribution in [0.2, 0.25) is 0 Å². The Balaban J connectivity index is 1.42. The average molecular weight is 515 g/mol. The van der Waals surface area contributed by atoms with Crippen LogP contribution in [0.4, 0.5) is 0 Å². The maximum Gasteiger partial charge on any atom is 0.227 e. The van der Waals surface area contributed by atoms with Crippen molar-refractivity contribution in [2.45, 2.75) is 70.8 Å². The van der Waals surface area contributed by atoms with Crippen molar-refractivity contribution in [2.24, 2.45) is 29.1 Å². The van der Waals surface area contributed by atoms with Gasteiger partial charge < -0.3 is 20.1 Å². The highest BCUT2D eigenvalue weighted by atomic mass is 16.6. The summed E-state index contributed by atoms with van der Waals surface area (Å²) in [5.41, 5.74) is 1.95. The number of nitrogens with one attached hydrogen (secondary N) is 2. The number of rotatable bonds is 2. The predicted octanol–water partition coefficient (Wildman–Crippen LogP) is 4.65. The maximum absolute atomic E-state index is 14.1. The fourth-order valence-electron chi connectivity index (χ4n) is 7.82. The monoisotopic (exact) mass is 514 g/mol. The van der Waals surface area contributed by atoms with E-state index in [0.29, 0.717) is 12.0 Å². The van der Waals surface area contributed by atoms with Gasteiger partial charge in [-0.25, -0.2) is 0 Å². The van der Waals surface area contributed by atoms with E-state index in [9.17, 15) is 14.7 Å². The Bertz CT molecular complexity index is 1370. The minimum absolute atomic E-state index is 0.0224. The Labute approximate surface area is 224 Å². The molecule has 2 saturated heterocycles. The number of aliphatic hydroxyl groups is 1. The van der Waals surface area contributed by atoms with E-state index in [2.05, 4.69) is 61.6 Å². The molecule has 2 aromatic rings. The van der Waals surface area contributed by atoms with E-state index in [1.54, 1.807) is 6.92 Å². The molecular formula is C32H38N2O4. The molecule has 6 nitrogen and oxygen atoms in total. The Hall–Kier alpha value is -2.96. The first-order chi connectivity index (χ1) is 18.2. The van der Waals surface area contributed by atoms with Crippen molar-refractivity contribution < 1.29 is 19.4 Å². The smallest absolute Gasteiger partial charge is 0.227 e. The highest BCUT2D eigenvalue weighted by molar-refractivity contribution is 5.95. The van der Waals surface area contributed by atoms with Gasteiger partial charge in [0.25, 0.3) is 0 Å². The van der Waals surface area contributed by atoms with Crippen LogP contribution in [0.15, 0.2) is 66.4 Å². The third kappa shape index (κ3) is 3.76. The normalized spacial score (nSPS) is 40.8. The van der Waals surface area contributed by atoms with Crippen molar-refractivity contribution in [3.63, 3.8) is 0 Å². The molecule has 1 amide bonds. The summed E-state index contributed by atoms with van der Waals surface area (Å²) >= 11 is 0. The summed E-state index contributed by atoms with van der Waals surface area (Å²) in [5.74, 6) is -0.0571. The minimum atomic E-state index is -1.16. The summed E-state index contributed by atoms with van der Waals surface area (Å²) in [4.78, 5) is 30.4. The largest absolute Gasteiger partial charge is 0.381 e. The van der Waals surface area contributed by atoms with Gasteiger partial charge in [-0.1, -0.05) is 56.4 Å². The van der Waals surface area contributed by atoms with Crippen molar-refractivity contribution in [3.8, 4) is 0 Å². The molecule has 200 valence electrons. The highest BCUT2D eigenvalue weighted by Crippen LogP contribution is 2.66. The van der Waals surface area contributed by atoms with Gasteiger partial charge in [-0.3, -0.25) is 9.59 Å². The molecule has 2 aliphatic carbocycles. The molecule has 2 aliphatic heterocycles. The number of H-pyrrole nitrogens is 1. The van der Waals surface area contributed by atoms with E-state index in [1.807, 2.05) is 24.3 Å². The van der Waals surface area contributed by atoms with Crippen molar-refractivity contribution in [3.05, 3.63) is 72.0 Å². The first-order valence-corrected chi connectivity index (χ1v) is 13.9. The fourth-order valence-corrected chi connectivity index (χ4v) is 7.82. The van der Waals surface area contributed by atoms with Crippen molar-refractivity contribution in [2.75, 3.05) is 0 Å². The number of fused-ring (bicyclic) bond motifs is 3. The van der Waals surface area contributed by atoms with E-state index in [4.69, 9.17) is 4.74 Å². The van der Waals surface area contributed by atoms with Crippen LogP contribution in [-0.2, 0) is 20.7 Å². The van der Waals surface area contributed by atoms with Crippen LogP contribution >= 0.6 is 0 Å². The second-order valence-electron chi connectivity index (χ2n) is 12.2. The summed E-state index contributed by atoms with van der Waals surface area (Å²) in [6.07, 6.45) is 12.4. The second kappa shape index (κ2) is 9.06. The molecular weight excluding hydrogens is 476 g/mol. The van der Waals surface area contributed by atoms with Crippen LogP contribution in [0.3, 0.4) is 0 Å². The number of para-hydroxylation sites is 1. The molecule has 1 saturated carbocycles. The van der Waals surface area contributed by atoms with Gasteiger partial charge in [0.1, 0.15) is 6.10 Å². The third-order valence-electron chi connectivity index (χ3n) is 9.97. The number of carbonyl (C=O) groups is 2. The quantitative estimate of drug-likeness (QED) is 0.402. The number of carbonyl (C=O) groups excluding carboxylic acids is 2. The van der Waals surface area contributed by atoms with Crippen LogP contribution in [0.25, 0.3) is 10.9 Å². The van der Waals surface area contributed by atoms with E-state index in [-0.39, 0.29) is 53.1 Å². The fraction of sp³-hybridized carbons (Fsp3) is 0.500. The Morgan fingerprint density at radius 1 is 1.16 bits per heavy atom. The second-order valence-corrected chi connectivity index (χ2v) is 12.2. The molecule has 1 aromatic carbocycles. The highest BCUT2D eigenvalue weighted by Gasteiger charge is 2.75. The zero-order valence-corrected chi connectivity index (χ0v) is 22.6. The first-order valence-electron chi connectivity index (χ1n) is 13.9. The summed E-state index contributed by atoms with van der Waals surface area (Å²) in [7, 11) is 0. The van der Waals surface area contributed by atoms with Gasteiger partial charge in [-0.15, -0.1) is 0 Å². The summed E-state index contributed by atoms with van der Waals surface area (Å²) in [6.45, 7) is 8.30. The van der Waals surface area contributed by atoms with Crippen LogP contribution < -0.4 is 5.32 Å². The minimum Gasteiger partial charge on any atom is -0.381 e. The molecule has 6 rings (SSSR count). The van der Waals surface area contributed by atoms with Gasteiger partial charge in [0.15, 0.2) is 5.78 Å². The lowest BCUT2D eigenvalue weighted by Crippen LogP contribution is -2.54. The summed E-state index contributed by atoms with van der Waals surface area (Å²) in [5, 5.41) is 15.2. The summed E-state index contributed by atoms with van der Waals surface area (Å²) in [6, 6.07) is 8.22. The molecule has 1 spiro atoms. The number of hydrogen-bond donors (Lipinski definition) is 3. The van der Waals surface area contributed by atoms with Crippen molar-refractivity contribution in [1.82, 2.24) is 10.3 Å². The van der Waals surface area contributed by atoms with Gasteiger partial charge in [0.2, 0.25) is 5.91 Å². The van der Waals surface area contributed by atoms with Gasteiger partial charge >= 0.3 is 0 Å². The van der Waals surface area contributed by atoms with E-state index in [1.165, 1.54) is 17.0 Å². The zero-order valence-electron chi connectivity index (χ0n) is 22.6. The molecule has 4 aliphatic rings. The number of epoxide rings is 1. The lowest BCUT2D eigenvalue weighted by atomic mass is 9.52. The van der Waals surface area contributed by atoms with E-state index >= 15 is 0 Å². The van der Waals surface area contributed by atoms with Crippen LogP contribution in [-0.4, -0.2) is 45.6 Å². The van der Waals surface area contributed by atoms with Crippen LogP contribution in [0.1, 0.15) is 46.1 Å². The Kier molecular flexibility index (Phi) is 6.04. The van der Waals surface area contributed by atoms with Crippen molar-refractivity contribution >= 4 is 22.6 Å². The number of allylic oxidation sites excluding steroid dienone is 3. The lowest BCUT2D eigenvalue weighted by Gasteiger charge is -2.46. The molecule has 6 heteroatoms. The molecule has 0 bridgehead atoms. The number of aromatic nitrogens is 1. The molecule has 1 aromatic heterocycles. The molecule has 38 heavy (non-hydrogen) atoms. The SMILES string of the molecule is CC1=CC(C)CC=CC2C3OC3(C)C(C)C3C(Cc4c[nH]c5ccccc45)NC(=O)C23CC=CC(=O)C1O. The predicted molar refractivity (Wildman–Crippen MR) is 147 cm³/mol. The third-order valence-corrected chi connectivity index (χ3v) is 9.97.